The maximum absolute atomic E-state index is 13.3. The second kappa shape index (κ2) is 6.67. The Kier molecular flexibility index (Phi) is 4.42. The highest BCUT2D eigenvalue weighted by molar-refractivity contribution is 7.80. The van der Waals surface area contributed by atoms with Crippen molar-refractivity contribution in [1.82, 2.24) is 10.6 Å². The van der Waals surface area contributed by atoms with E-state index < -0.39 is 11.6 Å². The van der Waals surface area contributed by atoms with Gasteiger partial charge in [0.2, 0.25) is 5.91 Å². The molecule has 2 aromatic rings. The third-order valence-corrected chi connectivity index (χ3v) is 5.60. The largest absolute Gasteiger partial charge is 0.493 e. The first-order valence-electron chi connectivity index (χ1n) is 9.15. The van der Waals surface area contributed by atoms with Gasteiger partial charge in [-0.1, -0.05) is 29.8 Å². The van der Waals surface area contributed by atoms with Gasteiger partial charge in [0.05, 0.1) is 13.2 Å². The zero-order chi connectivity index (χ0) is 20.1. The summed E-state index contributed by atoms with van der Waals surface area (Å²) in [5.41, 5.74) is 2.80. The number of aryl methyl sites for hydroxylation is 2. The average molecular weight is 398 g/mol. The topological polar surface area (TPSA) is 71.6 Å². The summed E-state index contributed by atoms with van der Waals surface area (Å²) in [5.74, 6) is 0.559. The van der Waals surface area contributed by atoms with Crippen LogP contribution in [0.5, 0.6) is 11.5 Å². The van der Waals surface area contributed by atoms with Gasteiger partial charge in [-0.15, -0.1) is 0 Å². The molecule has 1 amide bonds. The second-order valence-corrected chi connectivity index (χ2v) is 7.86. The monoisotopic (exact) mass is 397 g/mol. The maximum Gasteiger partial charge on any atom is 0.236 e. The van der Waals surface area contributed by atoms with Crippen molar-refractivity contribution in [2.45, 2.75) is 32.5 Å². The third kappa shape index (κ3) is 2.96. The molecule has 0 aromatic heterocycles. The molecule has 3 atom stereocenters. The molecule has 6 nitrogen and oxygen atoms in total. The van der Waals surface area contributed by atoms with Gasteiger partial charge in [0.15, 0.2) is 22.3 Å². The Morgan fingerprint density at radius 2 is 2.07 bits per heavy atom. The van der Waals surface area contributed by atoms with Crippen molar-refractivity contribution in [1.29, 1.82) is 0 Å². The summed E-state index contributed by atoms with van der Waals surface area (Å²) in [4.78, 5) is 13.3. The molecule has 2 heterocycles. The Labute approximate surface area is 169 Å². The van der Waals surface area contributed by atoms with Crippen LogP contribution in [0.25, 0.3) is 0 Å². The number of carbonyl (C=O) groups excluding carboxylic acids is 1. The van der Waals surface area contributed by atoms with Crippen molar-refractivity contribution in [2.24, 2.45) is 5.92 Å². The number of fused-ring (bicyclic) bond motifs is 4. The second-order valence-electron chi connectivity index (χ2n) is 7.45. The van der Waals surface area contributed by atoms with Crippen LogP contribution in [-0.4, -0.2) is 23.9 Å². The van der Waals surface area contributed by atoms with Crippen molar-refractivity contribution in [3.8, 4) is 11.5 Å². The third-order valence-electron chi connectivity index (χ3n) is 5.38. The summed E-state index contributed by atoms with van der Waals surface area (Å²) >= 11 is 5.36. The summed E-state index contributed by atoms with van der Waals surface area (Å²) in [5, 5.41) is 9.90. The zero-order valence-corrected chi connectivity index (χ0v) is 17.1. The number of ether oxygens (including phenoxy) is 2. The van der Waals surface area contributed by atoms with Crippen LogP contribution in [0.15, 0.2) is 36.4 Å². The summed E-state index contributed by atoms with van der Waals surface area (Å²) in [6.45, 7) is 5.85. The van der Waals surface area contributed by atoms with Gasteiger partial charge < -0.3 is 25.4 Å². The molecule has 0 aliphatic carbocycles. The lowest BCUT2D eigenvalue weighted by atomic mass is 9.79. The summed E-state index contributed by atoms with van der Waals surface area (Å²) < 4.78 is 11.7. The molecule has 1 saturated heterocycles. The number of amides is 1. The van der Waals surface area contributed by atoms with Crippen LogP contribution in [0.2, 0.25) is 0 Å². The molecule has 0 unspecified atom stereocenters. The molecule has 2 aliphatic rings. The van der Waals surface area contributed by atoms with Crippen LogP contribution in [0, 0.1) is 19.8 Å². The van der Waals surface area contributed by atoms with E-state index in [1.54, 1.807) is 7.11 Å². The lowest BCUT2D eigenvalue weighted by Gasteiger charge is -2.50. The van der Waals surface area contributed by atoms with Crippen LogP contribution >= 0.6 is 12.2 Å². The molecule has 2 aromatic carbocycles. The number of para-hydroxylation sites is 1. The number of benzene rings is 2. The molecule has 4 rings (SSSR count). The number of thiocarbonyl (C=S) groups is 1. The minimum absolute atomic E-state index is 0.143. The van der Waals surface area contributed by atoms with Gasteiger partial charge in [-0.2, -0.15) is 0 Å². The number of methoxy groups -OCH3 is 1. The van der Waals surface area contributed by atoms with E-state index in [1.165, 1.54) is 0 Å². The molecule has 0 saturated carbocycles. The first kappa shape index (κ1) is 18.6. The van der Waals surface area contributed by atoms with E-state index in [9.17, 15) is 4.79 Å². The minimum Gasteiger partial charge on any atom is -0.493 e. The van der Waals surface area contributed by atoms with E-state index in [0.717, 1.165) is 22.4 Å². The Morgan fingerprint density at radius 1 is 1.29 bits per heavy atom. The quantitative estimate of drug-likeness (QED) is 0.691. The molecule has 7 heteroatoms. The fourth-order valence-electron chi connectivity index (χ4n) is 4.05. The average Bonchev–Trinajstić information content (AvgIpc) is 2.62. The van der Waals surface area contributed by atoms with Gasteiger partial charge in [0.1, 0.15) is 5.92 Å². The highest BCUT2D eigenvalue weighted by Gasteiger charge is 2.55. The molecule has 146 valence electrons. The van der Waals surface area contributed by atoms with Gasteiger partial charge in [-0.05, 0) is 50.7 Å². The molecule has 0 radical (unpaired) electrons. The fourth-order valence-corrected chi connectivity index (χ4v) is 4.38. The van der Waals surface area contributed by atoms with E-state index in [4.69, 9.17) is 21.7 Å². The van der Waals surface area contributed by atoms with Gasteiger partial charge in [-0.3, -0.25) is 4.79 Å². The zero-order valence-electron chi connectivity index (χ0n) is 16.3. The van der Waals surface area contributed by atoms with Gasteiger partial charge >= 0.3 is 0 Å². The standard InChI is InChI=1S/C21H23N3O3S/c1-11-8-9-14(12(2)10-11)22-19(25)16-17-13-6-5-7-15(26-4)18(13)27-21(16,3)24-20(28)23-17/h5-10,16-17H,1-4H3,(H,22,25)(H2,23,24,28)/t16-,17-,21+/m1/s1. The molecule has 2 aliphatic heterocycles. The molecule has 1 fully saturated rings. The predicted octanol–water partition coefficient (Wildman–Crippen LogP) is 3.19. The highest BCUT2D eigenvalue weighted by Crippen LogP contribution is 2.48. The smallest absolute Gasteiger partial charge is 0.236 e. The molecule has 28 heavy (non-hydrogen) atoms. The summed E-state index contributed by atoms with van der Waals surface area (Å²) in [7, 11) is 1.60. The fraction of sp³-hybridized carbons (Fsp3) is 0.333. The number of carbonyl (C=O) groups is 1. The predicted molar refractivity (Wildman–Crippen MR) is 112 cm³/mol. The first-order valence-corrected chi connectivity index (χ1v) is 9.56. The lowest BCUT2D eigenvalue weighted by Crippen LogP contribution is -2.70. The molecule has 0 spiro atoms. The van der Waals surface area contributed by atoms with Gasteiger partial charge in [0.25, 0.3) is 0 Å². The van der Waals surface area contributed by atoms with Crippen LogP contribution in [0.3, 0.4) is 0 Å². The van der Waals surface area contributed by atoms with Gasteiger partial charge in [0, 0.05) is 11.3 Å². The van der Waals surface area contributed by atoms with Crippen LogP contribution < -0.4 is 25.4 Å². The van der Waals surface area contributed by atoms with Crippen molar-refractivity contribution >= 4 is 28.9 Å². The molecular formula is C21H23N3O3S. The number of rotatable bonds is 3. The summed E-state index contributed by atoms with van der Waals surface area (Å²) in [6, 6.07) is 11.3. The Morgan fingerprint density at radius 3 is 2.79 bits per heavy atom. The Balaban J connectivity index is 1.74. The van der Waals surface area contributed by atoms with Crippen molar-refractivity contribution in [2.75, 3.05) is 12.4 Å². The van der Waals surface area contributed by atoms with Gasteiger partial charge in [-0.25, -0.2) is 0 Å². The number of hydrogen-bond donors (Lipinski definition) is 3. The van der Waals surface area contributed by atoms with E-state index in [0.29, 0.717) is 16.6 Å². The highest BCUT2D eigenvalue weighted by atomic mass is 32.1. The first-order chi connectivity index (χ1) is 13.3. The van der Waals surface area contributed by atoms with Crippen LogP contribution in [0.1, 0.15) is 29.7 Å². The molecular weight excluding hydrogens is 374 g/mol. The Hall–Kier alpha value is -2.80. The number of anilines is 1. The lowest BCUT2D eigenvalue weighted by molar-refractivity contribution is -0.132. The minimum atomic E-state index is -1.00. The maximum atomic E-state index is 13.3. The number of hydrogen-bond acceptors (Lipinski definition) is 4. The van der Waals surface area contributed by atoms with E-state index >= 15 is 0 Å². The number of nitrogens with one attached hydrogen (secondary N) is 3. The van der Waals surface area contributed by atoms with Crippen LogP contribution in [-0.2, 0) is 4.79 Å². The van der Waals surface area contributed by atoms with E-state index in [1.807, 2.05) is 57.2 Å². The molecule has 3 N–H and O–H groups in total. The normalized spacial score (nSPS) is 24.9. The van der Waals surface area contributed by atoms with E-state index in [-0.39, 0.29) is 11.9 Å². The van der Waals surface area contributed by atoms with E-state index in [2.05, 4.69) is 16.0 Å². The Bertz CT molecular complexity index is 977. The van der Waals surface area contributed by atoms with Crippen molar-refractivity contribution < 1.29 is 14.3 Å². The van der Waals surface area contributed by atoms with Crippen LogP contribution in [0.4, 0.5) is 5.69 Å². The molecule has 2 bridgehead atoms. The van der Waals surface area contributed by atoms with Crippen molar-refractivity contribution in [3.05, 3.63) is 53.1 Å². The summed E-state index contributed by atoms with van der Waals surface area (Å²) in [6.07, 6.45) is 0. The van der Waals surface area contributed by atoms with Crippen molar-refractivity contribution in [3.63, 3.8) is 0 Å². The SMILES string of the molecule is COc1cccc2c1O[C@]1(C)NC(=S)N[C@H]2[C@@H]1C(=O)Nc1ccc(C)cc1C.